The number of nitrogens with zero attached hydrogens (tertiary/aromatic N) is 2. The third-order valence-corrected chi connectivity index (χ3v) is 2.74. The van der Waals surface area contributed by atoms with E-state index in [0.717, 1.165) is 27.6 Å². The van der Waals surface area contributed by atoms with Gasteiger partial charge in [0.15, 0.2) is 0 Å². The van der Waals surface area contributed by atoms with E-state index in [2.05, 4.69) is 16.3 Å². The highest BCUT2D eigenvalue weighted by atomic mass is 16.5. The Morgan fingerprint density at radius 2 is 1.71 bits per heavy atom. The van der Waals surface area contributed by atoms with Gasteiger partial charge in [-0.2, -0.15) is 0 Å². The van der Waals surface area contributed by atoms with Gasteiger partial charge in [-0.25, -0.2) is 0 Å². The van der Waals surface area contributed by atoms with E-state index < -0.39 is 0 Å². The Bertz CT molecular complexity index is 679. The summed E-state index contributed by atoms with van der Waals surface area (Å²) in [5, 5.41) is 10.6. The van der Waals surface area contributed by atoms with Crippen molar-refractivity contribution >= 4 is 21.8 Å². The summed E-state index contributed by atoms with van der Waals surface area (Å²) in [6.45, 7) is 2.63. The van der Waals surface area contributed by atoms with Crippen LogP contribution in [0.1, 0.15) is 6.92 Å². The molecule has 0 spiro atoms. The van der Waals surface area contributed by atoms with Crippen molar-refractivity contribution in [3.05, 3.63) is 42.5 Å². The minimum atomic E-state index is 0.649. The quantitative estimate of drug-likeness (QED) is 0.627. The van der Waals surface area contributed by atoms with Crippen molar-refractivity contribution in [1.29, 1.82) is 0 Å². The van der Waals surface area contributed by atoms with E-state index in [0.29, 0.717) is 6.61 Å². The van der Waals surface area contributed by atoms with E-state index in [9.17, 15) is 0 Å². The predicted molar refractivity (Wildman–Crippen MR) is 68.2 cm³/mol. The Morgan fingerprint density at radius 1 is 0.941 bits per heavy atom. The van der Waals surface area contributed by atoms with Gasteiger partial charge in [-0.05, 0) is 25.1 Å². The summed E-state index contributed by atoms with van der Waals surface area (Å²) < 4.78 is 5.66. The van der Waals surface area contributed by atoms with E-state index in [1.807, 2.05) is 43.3 Å². The topological polar surface area (TPSA) is 35.0 Å². The zero-order valence-corrected chi connectivity index (χ0v) is 9.55. The van der Waals surface area contributed by atoms with Crippen LogP contribution in [0.3, 0.4) is 0 Å². The standard InChI is InChI=1S/C14H12N2O/c1-2-17-13-9-5-8-12-14(13)10-6-3-4-7-11(10)15-16-12/h3-9H,2H2,1H3. The van der Waals surface area contributed by atoms with Gasteiger partial charge in [0, 0.05) is 5.39 Å². The number of aromatic nitrogens is 2. The van der Waals surface area contributed by atoms with E-state index in [1.165, 1.54) is 0 Å². The molecule has 84 valence electrons. The van der Waals surface area contributed by atoms with Crippen LogP contribution >= 0.6 is 0 Å². The molecule has 0 amide bonds. The van der Waals surface area contributed by atoms with Crippen LogP contribution in [-0.4, -0.2) is 16.8 Å². The highest BCUT2D eigenvalue weighted by Crippen LogP contribution is 2.30. The second-order valence-electron chi connectivity index (χ2n) is 3.80. The summed E-state index contributed by atoms with van der Waals surface area (Å²) in [4.78, 5) is 0. The SMILES string of the molecule is CCOc1cccc2nnc3ccccc3c12. The maximum absolute atomic E-state index is 5.66. The first-order valence-corrected chi connectivity index (χ1v) is 5.67. The first kappa shape index (κ1) is 10.0. The first-order chi connectivity index (χ1) is 8.40. The van der Waals surface area contributed by atoms with Gasteiger partial charge in [-0.15, -0.1) is 10.2 Å². The van der Waals surface area contributed by atoms with Gasteiger partial charge in [0.1, 0.15) is 5.75 Å². The molecule has 0 saturated carbocycles. The Morgan fingerprint density at radius 3 is 2.59 bits per heavy atom. The lowest BCUT2D eigenvalue weighted by Gasteiger charge is -2.08. The van der Waals surface area contributed by atoms with E-state index in [4.69, 9.17) is 4.74 Å². The molecule has 0 atom stereocenters. The summed E-state index contributed by atoms with van der Waals surface area (Å²) >= 11 is 0. The fourth-order valence-corrected chi connectivity index (χ4v) is 2.03. The molecule has 3 rings (SSSR count). The lowest BCUT2D eigenvalue weighted by molar-refractivity contribution is 0.344. The molecule has 0 aliphatic heterocycles. The lowest BCUT2D eigenvalue weighted by Crippen LogP contribution is -1.94. The van der Waals surface area contributed by atoms with Crippen LogP contribution in [0.25, 0.3) is 21.8 Å². The number of hydrogen-bond donors (Lipinski definition) is 0. The summed E-state index contributed by atoms with van der Waals surface area (Å²) in [6.07, 6.45) is 0. The molecule has 0 radical (unpaired) electrons. The number of rotatable bonds is 2. The van der Waals surface area contributed by atoms with Crippen LogP contribution in [0, 0.1) is 0 Å². The molecular weight excluding hydrogens is 212 g/mol. The van der Waals surface area contributed by atoms with Crippen molar-refractivity contribution in [2.75, 3.05) is 6.61 Å². The smallest absolute Gasteiger partial charge is 0.129 e. The summed E-state index contributed by atoms with van der Waals surface area (Å²) in [7, 11) is 0. The van der Waals surface area contributed by atoms with Crippen molar-refractivity contribution in [2.45, 2.75) is 6.92 Å². The van der Waals surface area contributed by atoms with Gasteiger partial charge in [0.2, 0.25) is 0 Å². The number of fused-ring (bicyclic) bond motifs is 3. The van der Waals surface area contributed by atoms with E-state index >= 15 is 0 Å². The maximum atomic E-state index is 5.66. The molecule has 0 N–H and O–H groups in total. The Labute approximate surface area is 99.0 Å². The summed E-state index contributed by atoms with van der Waals surface area (Å²) in [5.41, 5.74) is 1.77. The van der Waals surface area contributed by atoms with Crippen molar-refractivity contribution in [3.8, 4) is 5.75 Å². The zero-order chi connectivity index (χ0) is 11.7. The van der Waals surface area contributed by atoms with Crippen LogP contribution < -0.4 is 4.74 Å². The Balaban J connectivity index is 2.45. The minimum Gasteiger partial charge on any atom is -0.493 e. The molecule has 3 aromatic rings. The second kappa shape index (κ2) is 4.01. The monoisotopic (exact) mass is 224 g/mol. The van der Waals surface area contributed by atoms with Gasteiger partial charge in [-0.1, -0.05) is 24.3 Å². The minimum absolute atomic E-state index is 0.649. The molecule has 17 heavy (non-hydrogen) atoms. The fourth-order valence-electron chi connectivity index (χ4n) is 2.03. The third kappa shape index (κ3) is 1.60. The van der Waals surface area contributed by atoms with Crippen LogP contribution in [0.15, 0.2) is 42.5 Å². The predicted octanol–water partition coefficient (Wildman–Crippen LogP) is 3.18. The Kier molecular flexibility index (Phi) is 2.37. The molecule has 3 nitrogen and oxygen atoms in total. The molecule has 2 aromatic carbocycles. The van der Waals surface area contributed by atoms with Crippen molar-refractivity contribution in [3.63, 3.8) is 0 Å². The average Bonchev–Trinajstić information content (AvgIpc) is 2.39. The highest BCUT2D eigenvalue weighted by molar-refractivity contribution is 6.06. The van der Waals surface area contributed by atoms with Crippen LogP contribution in [-0.2, 0) is 0 Å². The molecule has 0 fully saturated rings. The molecule has 0 saturated heterocycles. The lowest BCUT2D eigenvalue weighted by atomic mass is 10.1. The summed E-state index contributed by atoms with van der Waals surface area (Å²) in [5.74, 6) is 0.871. The maximum Gasteiger partial charge on any atom is 0.129 e. The zero-order valence-electron chi connectivity index (χ0n) is 9.55. The van der Waals surface area contributed by atoms with Crippen LogP contribution in [0.4, 0.5) is 0 Å². The van der Waals surface area contributed by atoms with Gasteiger partial charge in [-0.3, -0.25) is 0 Å². The van der Waals surface area contributed by atoms with Crippen molar-refractivity contribution < 1.29 is 4.74 Å². The molecule has 1 heterocycles. The van der Waals surface area contributed by atoms with E-state index in [-0.39, 0.29) is 0 Å². The van der Waals surface area contributed by atoms with Gasteiger partial charge in [0.05, 0.1) is 23.0 Å². The molecular formula is C14H12N2O. The molecule has 0 aliphatic rings. The van der Waals surface area contributed by atoms with Gasteiger partial charge in [0.25, 0.3) is 0 Å². The number of ether oxygens (including phenoxy) is 1. The highest BCUT2D eigenvalue weighted by Gasteiger charge is 2.07. The molecule has 0 unspecified atom stereocenters. The first-order valence-electron chi connectivity index (χ1n) is 5.67. The van der Waals surface area contributed by atoms with Gasteiger partial charge >= 0.3 is 0 Å². The van der Waals surface area contributed by atoms with E-state index in [1.54, 1.807) is 0 Å². The van der Waals surface area contributed by atoms with Crippen LogP contribution in [0.5, 0.6) is 5.75 Å². The molecule has 0 bridgehead atoms. The largest absolute Gasteiger partial charge is 0.493 e. The normalized spacial score (nSPS) is 10.9. The average molecular weight is 224 g/mol. The van der Waals surface area contributed by atoms with Crippen molar-refractivity contribution in [1.82, 2.24) is 10.2 Å². The van der Waals surface area contributed by atoms with Crippen LogP contribution in [0.2, 0.25) is 0 Å². The van der Waals surface area contributed by atoms with Crippen molar-refractivity contribution in [2.24, 2.45) is 0 Å². The molecule has 1 aromatic heterocycles. The number of benzene rings is 2. The molecule has 0 aliphatic carbocycles. The fraction of sp³-hybridized carbons (Fsp3) is 0.143. The van der Waals surface area contributed by atoms with Gasteiger partial charge < -0.3 is 4.74 Å². The summed E-state index contributed by atoms with van der Waals surface area (Å²) in [6, 6.07) is 13.9. The second-order valence-corrected chi connectivity index (χ2v) is 3.80. The Hall–Kier alpha value is -2.16. The molecule has 3 heteroatoms. The number of hydrogen-bond acceptors (Lipinski definition) is 3. The third-order valence-electron chi connectivity index (χ3n) is 2.74.